The lowest BCUT2D eigenvalue weighted by molar-refractivity contribution is 0.393. The number of halogens is 1. The molecule has 0 aliphatic heterocycles. The molecule has 0 amide bonds. The zero-order valence-corrected chi connectivity index (χ0v) is 13.2. The topological polar surface area (TPSA) is 47.0 Å². The van der Waals surface area contributed by atoms with E-state index in [4.69, 9.17) is 4.74 Å². The Balaban J connectivity index is 2.24. The van der Waals surface area contributed by atoms with Crippen molar-refractivity contribution in [2.75, 3.05) is 13.7 Å². The quantitative estimate of drug-likeness (QED) is 0.880. The van der Waals surface area contributed by atoms with Crippen LogP contribution in [0.25, 0.3) is 0 Å². The molecule has 0 spiro atoms. The van der Waals surface area contributed by atoms with Gasteiger partial charge in [-0.3, -0.25) is 0 Å². The van der Waals surface area contributed by atoms with E-state index < -0.39 is 0 Å². The van der Waals surface area contributed by atoms with Crippen LogP contribution in [-0.2, 0) is 6.42 Å². The van der Waals surface area contributed by atoms with Gasteiger partial charge in [0.15, 0.2) is 0 Å². The molecular formula is C15H18BrN3O. The smallest absolute Gasteiger partial charge is 0.216 e. The number of benzene rings is 1. The van der Waals surface area contributed by atoms with E-state index in [1.807, 2.05) is 18.2 Å². The molecule has 1 aromatic carbocycles. The van der Waals surface area contributed by atoms with Crippen LogP contribution in [0.4, 0.5) is 0 Å². The van der Waals surface area contributed by atoms with Gasteiger partial charge in [-0.15, -0.1) is 0 Å². The monoisotopic (exact) mass is 335 g/mol. The van der Waals surface area contributed by atoms with Gasteiger partial charge in [-0.05, 0) is 24.6 Å². The Morgan fingerprint density at radius 3 is 2.80 bits per heavy atom. The highest BCUT2D eigenvalue weighted by molar-refractivity contribution is 9.10. The molecule has 0 aliphatic rings. The van der Waals surface area contributed by atoms with Gasteiger partial charge in [0, 0.05) is 10.5 Å². The number of hydrogen-bond acceptors (Lipinski definition) is 4. The first-order valence-electron chi connectivity index (χ1n) is 6.57. The Kier molecular flexibility index (Phi) is 5.49. The fourth-order valence-electron chi connectivity index (χ4n) is 2.07. The molecule has 1 atom stereocenters. The SMILES string of the molecule is CCNC(Cc1ccccc1Br)c1cc(OC)ncn1. The lowest BCUT2D eigenvalue weighted by Crippen LogP contribution is -2.24. The van der Waals surface area contributed by atoms with Gasteiger partial charge in [0.1, 0.15) is 6.33 Å². The molecule has 1 aromatic heterocycles. The molecule has 1 N–H and O–H groups in total. The molecule has 0 saturated heterocycles. The van der Waals surface area contributed by atoms with Gasteiger partial charge in [0.05, 0.1) is 18.8 Å². The summed E-state index contributed by atoms with van der Waals surface area (Å²) in [6.07, 6.45) is 2.40. The minimum Gasteiger partial charge on any atom is -0.481 e. The molecule has 5 heteroatoms. The fraction of sp³-hybridized carbons (Fsp3) is 0.333. The third kappa shape index (κ3) is 3.77. The van der Waals surface area contributed by atoms with E-state index in [2.05, 4.69) is 50.3 Å². The first-order chi connectivity index (χ1) is 9.74. The van der Waals surface area contributed by atoms with Crippen LogP contribution in [0, 0.1) is 0 Å². The molecule has 0 fully saturated rings. The first-order valence-corrected chi connectivity index (χ1v) is 7.36. The number of methoxy groups -OCH3 is 1. The molecule has 2 aromatic rings. The Labute approximate surface area is 127 Å². The summed E-state index contributed by atoms with van der Waals surface area (Å²) in [6, 6.07) is 10.2. The van der Waals surface area contributed by atoms with Crippen LogP contribution in [-0.4, -0.2) is 23.6 Å². The van der Waals surface area contributed by atoms with Crippen molar-refractivity contribution in [1.29, 1.82) is 0 Å². The van der Waals surface area contributed by atoms with Gasteiger partial charge in [0.2, 0.25) is 5.88 Å². The van der Waals surface area contributed by atoms with Crippen LogP contribution in [0.2, 0.25) is 0 Å². The molecule has 1 unspecified atom stereocenters. The number of hydrogen-bond donors (Lipinski definition) is 1. The van der Waals surface area contributed by atoms with E-state index in [-0.39, 0.29) is 6.04 Å². The van der Waals surface area contributed by atoms with Crippen molar-refractivity contribution >= 4 is 15.9 Å². The largest absolute Gasteiger partial charge is 0.481 e. The molecule has 0 saturated carbocycles. The minimum absolute atomic E-state index is 0.135. The fourth-order valence-corrected chi connectivity index (χ4v) is 2.51. The van der Waals surface area contributed by atoms with E-state index in [1.165, 1.54) is 5.56 Å². The summed E-state index contributed by atoms with van der Waals surface area (Å²) in [7, 11) is 1.61. The average Bonchev–Trinajstić information content (AvgIpc) is 2.49. The summed E-state index contributed by atoms with van der Waals surface area (Å²) in [5.41, 5.74) is 2.19. The molecule has 106 valence electrons. The number of nitrogens with zero attached hydrogens (tertiary/aromatic N) is 2. The molecule has 0 radical (unpaired) electrons. The maximum atomic E-state index is 5.17. The van der Waals surface area contributed by atoms with Gasteiger partial charge in [-0.2, -0.15) is 0 Å². The first kappa shape index (κ1) is 14.9. The third-order valence-electron chi connectivity index (χ3n) is 3.06. The number of ether oxygens (including phenoxy) is 1. The molecule has 2 rings (SSSR count). The molecule has 4 nitrogen and oxygen atoms in total. The normalized spacial score (nSPS) is 12.2. The highest BCUT2D eigenvalue weighted by Gasteiger charge is 2.15. The van der Waals surface area contributed by atoms with Crippen LogP contribution < -0.4 is 10.1 Å². The van der Waals surface area contributed by atoms with Crippen molar-refractivity contribution in [3.8, 4) is 5.88 Å². The second kappa shape index (κ2) is 7.36. The average molecular weight is 336 g/mol. The predicted octanol–water partition coefficient (Wildman–Crippen LogP) is 3.14. The number of aromatic nitrogens is 2. The number of rotatable bonds is 6. The highest BCUT2D eigenvalue weighted by Crippen LogP contribution is 2.23. The van der Waals surface area contributed by atoms with Crippen molar-refractivity contribution < 1.29 is 4.74 Å². The second-order valence-corrected chi connectivity index (χ2v) is 5.25. The van der Waals surface area contributed by atoms with Crippen LogP contribution in [0.5, 0.6) is 5.88 Å². The van der Waals surface area contributed by atoms with Crippen molar-refractivity contribution in [2.24, 2.45) is 0 Å². The summed E-state index contributed by atoms with van der Waals surface area (Å²) in [5.74, 6) is 0.588. The second-order valence-electron chi connectivity index (χ2n) is 4.39. The lowest BCUT2D eigenvalue weighted by Gasteiger charge is -2.18. The van der Waals surface area contributed by atoms with Crippen LogP contribution >= 0.6 is 15.9 Å². The number of likely N-dealkylation sites (N-methyl/N-ethyl adjacent to an activating group) is 1. The minimum atomic E-state index is 0.135. The van der Waals surface area contributed by atoms with Crippen molar-refractivity contribution in [3.05, 3.63) is 52.4 Å². The Hall–Kier alpha value is -1.46. The van der Waals surface area contributed by atoms with Crippen molar-refractivity contribution in [2.45, 2.75) is 19.4 Å². The summed E-state index contributed by atoms with van der Waals surface area (Å²) >= 11 is 3.59. The summed E-state index contributed by atoms with van der Waals surface area (Å²) in [6.45, 7) is 2.97. The third-order valence-corrected chi connectivity index (χ3v) is 3.84. The number of nitrogens with one attached hydrogen (secondary N) is 1. The standard InChI is InChI=1S/C15H18BrN3O/c1-3-17-13(8-11-6-4-5-7-12(11)16)14-9-15(20-2)19-10-18-14/h4-7,9-10,13,17H,3,8H2,1-2H3. The molecule has 0 aliphatic carbocycles. The Morgan fingerprint density at radius 2 is 2.10 bits per heavy atom. The molecule has 0 bridgehead atoms. The van der Waals surface area contributed by atoms with Crippen LogP contribution in [0.1, 0.15) is 24.2 Å². The van der Waals surface area contributed by atoms with Crippen LogP contribution in [0.15, 0.2) is 41.1 Å². The maximum Gasteiger partial charge on any atom is 0.216 e. The Bertz CT molecular complexity index is 562. The van der Waals surface area contributed by atoms with Crippen molar-refractivity contribution in [1.82, 2.24) is 15.3 Å². The molecule has 20 heavy (non-hydrogen) atoms. The summed E-state index contributed by atoms with van der Waals surface area (Å²) in [5, 5.41) is 3.46. The summed E-state index contributed by atoms with van der Waals surface area (Å²) < 4.78 is 6.28. The van der Waals surface area contributed by atoms with Crippen molar-refractivity contribution in [3.63, 3.8) is 0 Å². The zero-order valence-electron chi connectivity index (χ0n) is 11.6. The lowest BCUT2D eigenvalue weighted by atomic mass is 10.0. The maximum absolute atomic E-state index is 5.17. The molecule has 1 heterocycles. The van der Waals surface area contributed by atoms with Gasteiger partial charge in [-0.25, -0.2) is 9.97 Å². The summed E-state index contributed by atoms with van der Waals surface area (Å²) in [4.78, 5) is 8.42. The van der Waals surface area contributed by atoms with E-state index in [9.17, 15) is 0 Å². The zero-order chi connectivity index (χ0) is 14.4. The Morgan fingerprint density at radius 1 is 1.30 bits per heavy atom. The van der Waals surface area contributed by atoms with E-state index in [0.717, 1.165) is 23.1 Å². The van der Waals surface area contributed by atoms with Crippen LogP contribution in [0.3, 0.4) is 0 Å². The predicted molar refractivity (Wildman–Crippen MR) is 82.8 cm³/mol. The van der Waals surface area contributed by atoms with Gasteiger partial charge in [0.25, 0.3) is 0 Å². The van der Waals surface area contributed by atoms with Gasteiger partial charge in [-0.1, -0.05) is 41.1 Å². The van der Waals surface area contributed by atoms with Gasteiger partial charge < -0.3 is 10.1 Å². The molecular weight excluding hydrogens is 318 g/mol. The highest BCUT2D eigenvalue weighted by atomic mass is 79.9. The van der Waals surface area contributed by atoms with E-state index in [0.29, 0.717) is 5.88 Å². The van der Waals surface area contributed by atoms with E-state index >= 15 is 0 Å². The van der Waals surface area contributed by atoms with E-state index in [1.54, 1.807) is 13.4 Å². The van der Waals surface area contributed by atoms with Gasteiger partial charge >= 0.3 is 0 Å².